The number of nitrogens with zero attached hydrogens (tertiary/aromatic N) is 3. The topological polar surface area (TPSA) is 55.0 Å². The molecule has 2 unspecified atom stereocenters. The molecule has 0 spiro atoms. The van der Waals surface area contributed by atoms with E-state index in [4.69, 9.17) is 5.73 Å². The van der Waals surface area contributed by atoms with E-state index >= 15 is 0 Å². The van der Waals surface area contributed by atoms with Crippen LogP contribution in [0.4, 0.5) is 5.82 Å². The SMILES string of the molecule is Cc1nccc(N2C3CCC2CC(N)C3)n1. The van der Waals surface area contributed by atoms with Crippen molar-refractivity contribution < 1.29 is 0 Å². The molecular formula is C12H18N4. The van der Waals surface area contributed by atoms with Gasteiger partial charge in [0, 0.05) is 24.3 Å². The highest BCUT2D eigenvalue weighted by atomic mass is 15.3. The molecule has 1 aromatic heterocycles. The van der Waals surface area contributed by atoms with E-state index < -0.39 is 0 Å². The summed E-state index contributed by atoms with van der Waals surface area (Å²) in [4.78, 5) is 11.2. The van der Waals surface area contributed by atoms with Crippen LogP contribution >= 0.6 is 0 Å². The normalized spacial score (nSPS) is 33.1. The van der Waals surface area contributed by atoms with Crippen LogP contribution in [0.1, 0.15) is 31.5 Å². The lowest BCUT2D eigenvalue weighted by molar-refractivity contribution is 0.412. The second-order valence-electron chi connectivity index (χ2n) is 4.99. The number of rotatable bonds is 1. The van der Waals surface area contributed by atoms with Gasteiger partial charge in [0.2, 0.25) is 0 Å². The average Bonchev–Trinajstić information content (AvgIpc) is 2.51. The van der Waals surface area contributed by atoms with Gasteiger partial charge in [0.15, 0.2) is 0 Å². The molecule has 3 heterocycles. The van der Waals surface area contributed by atoms with Crippen LogP contribution in [0.25, 0.3) is 0 Å². The van der Waals surface area contributed by atoms with Gasteiger partial charge in [0.25, 0.3) is 0 Å². The molecule has 0 radical (unpaired) electrons. The lowest BCUT2D eigenvalue weighted by Crippen LogP contribution is -2.47. The number of aryl methyl sites for hydroxylation is 1. The molecule has 2 aliphatic rings. The van der Waals surface area contributed by atoms with Crippen molar-refractivity contribution in [3.05, 3.63) is 18.1 Å². The van der Waals surface area contributed by atoms with Crippen molar-refractivity contribution in [3.63, 3.8) is 0 Å². The van der Waals surface area contributed by atoms with Gasteiger partial charge in [-0.1, -0.05) is 0 Å². The van der Waals surface area contributed by atoms with Crippen molar-refractivity contribution in [1.29, 1.82) is 0 Å². The van der Waals surface area contributed by atoms with Gasteiger partial charge in [0.1, 0.15) is 11.6 Å². The van der Waals surface area contributed by atoms with Crippen LogP contribution < -0.4 is 10.6 Å². The molecule has 1 aromatic rings. The number of nitrogens with two attached hydrogens (primary N) is 1. The van der Waals surface area contributed by atoms with E-state index in [0.717, 1.165) is 24.5 Å². The Hall–Kier alpha value is -1.16. The summed E-state index contributed by atoms with van der Waals surface area (Å²) in [7, 11) is 0. The summed E-state index contributed by atoms with van der Waals surface area (Å²) >= 11 is 0. The Morgan fingerprint density at radius 1 is 1.31 bits per heavy atom. The Morgan fingerprint density at radius 2 is 2.00 bits per heavy atom. The van der Waals surface area contributed by atoms with Crippen LogP contribution in [0.5, 0.6) is 0 Å². The highest BCUT2D eigenvalue weighted by Crippen LogP contribution is 2.37. The van der Waals surface area contributed by atoms with Gasteiger partial charge in [-0.2, -0.15) is 0 Å². The van der Waals surface area contributed by atoms with Crippen molar-refractivity contribution in [3.8, 4) is 0 Å². The Bertz CT molecular complexity index is 378. The number of fused-ring (bicyclic) bond motifs is 2. The third-order valence-corrected chi connectivity index (χ3v) is 3.80. The number of hydrogen-bond acceptors (Lipinski definition) is 4. The molecule has 2 atom stereocenters. The molecule has 2 fully saturated rings. The van der Waals surface area contributed by atoms with Crippen molar-refractivity contribution >= 4 is 5.82 Å². The molecule has 4 nitrogen and oxygen atoms in total. The molecule has 4 heteroatoms. The van der Waals surface area contributed by atoms with E-state index in [2.05, 4.69) is 14.9 Å². The van der Waals surface area contributed by atoms with E-state index in [-0.39, 0.29) is 0 Å². The third-order valence-electron chi connectivity index (χ3n) is 3.80. The quantitative estimate of drug-likeness (QED) is 0.770. The zero-order valence-electron chi connectivity index (χ0n) is 9.63. The number of aromatic nitrogens is 2. The molecule has 0 amide bonds. The third kappa shape index (κ3) is 1.57. The molecule has 16 heavy (non-hydrogen) atoms. The molecule has 0 aliphatic carbocycles. The molecular weight excluding hydrogens is 200 g/mol. The van der Waals surface area contributed by atoms with Crippen LogP contribution in [-0.4, -0.2) is 28.1 Å². The highest BCUT2D eigenvalue weighted by Gasteiger charge is 2.40. The first kappa shape index (κ1) is 10.0. The Morgan fingerprint density at radius 3 is 2.62 bits per heavy atom. The predicted molar refractivity (Wildman–Crippen MR) is 63.3 cm³/mol. The fraction of sp³-hybridized carbons (Fsp3) is 0.667. The fourth-order valence-electron chi connectivity index (χ4n) is 3.18. The van der Waals surface area contributed by atoms with Gasteiger partial charge in [-0.3, -0.25) is 0 Å². The molecule has 2 N–H and O–H groups in total. The van der Waals surface area contributed by atoms with E-state index in [1.165, 1.54) is 12.8 Å². The average molecular weight is 218 g/mol. The monoisotopic (exact) mass is 218 g/mol. The Balaban J connectivity index is 1.91. The maximum atomic E-state index is 6.07. The molecule has 2 saturated heterocycles. The van der Waals surface area contributed by atoms with Gasteiger partial charge >= 0.3 is 0 Å². The second kappa shape index (κ2) is 3.70. The van der Waals surface area contributed by atoms with Crippen molar-refractivity contribution in [2.75, 3.05) is 4.90 Å². The first-order chi connectivity index (χ1) is 7.74. The summed E-state index contributed by atoms with van der Waals surface area (Å²) in [5, 5.41) is 0. The van der Waals surface area contributed by atoms with E-state index in [1.807, 2.05) is 19.2 Å². The predicted octanol–water partition coefficient (Wildman–Crippen LogP) is 1.24. The lowest BCUT2D eigenvalue weighted by atomic mass is 9.98. The van der Waals surface area contributed by atoms with E-state index in [9.17, 15) is 0 Å². The number of piperidine rings is 1. The second-order valence-corrected chi connectivity index (χ2v) is 4.99. The van der Waals surface area contributed by atoms with Crippen LogP contribution in [-0.2, 0) is 0 Å². The van der Waals surface area contributed by atoms with Gasteiger partial charge in [-0.05, 0) is 38.7 Å². The van der Waals surface area contributed by atoms with Crippen LogP contribution in [0.3, 0.4) is 0 Å². The summed E-state index contributed by atoms with van der Waals surface area (Å²) < 4.78 is 0. The molecule has 2 bridgehead atoms. The first-order valence-corrected chi connectivity index (χ1v) is 6.07. The summed E-state index contributed by atoms with van der Waals surface area (Å²) in [5.41, 5.74) is 6.07. The van der Waals surface area contributed by atoms with E-state index in [0.29, 0.717) is 18.1 Å². The molecule has 3 rings (SSSR count). The minimum absolute atomic E-state index is 0.386. The van der Waals surface area contributed by atoms with Crippen LogP contribution in [0.2, 0.25) is 0 Å². The van der Waals surface area contributed by atoms with Crippen molar-refractivity contribution in [2.45, 2.75) is 50.7 Å². The van der Waals surface area contributed by atoms with Gasteiger partial charge < -0.3 is 10.6 Å². The van der Waals surface area contributed by atoms with Gasteiger partial charge in [-0.15, -0.1) is 0 Å². The summed E-state index contributed by atoms with van der Waals surface area (Å²) in [5.74, 6) is 1.94. The first-order valence-electron chi connectivity index (χ1n) is 6.07. The Labute approximate surface area is 95.9 Å². The van der Waals surface area contributed by atoms with E-state index in [1.54, 1.807) is 0 Å². The molecule has 2 aliphatic heterocycles. The smallest absolute Gasteiger partial charge is 0.132 e. The highest BCUT2D eigenvalue weighted by molar-refractivity contribution is 5.43. The van der Waals surface area contributed by atoms with Crippen LogP contribution in [0, 0.1) is 6.92 Å². The summed E-state index contributed by atoms with van der Waals surface area (Å²) in [6, 6.07) is 3.61. The zero-order chi connectivity index (χ0) is 11.1. The standard InChI is InChI=1S/C12H18N4/c1-8-14-5-4-12(15-8)16-10-2-3-11(16)7-9(13)6-10/h4-5,9-11H,2-3,6-7,13H2,1H3. The largest absolute Gasteiger partial charge is 0.350 e. The lowest BCUT2D eigenvalue weighted by Gasteiger charge is -2.38. The molecule has 86 valence electrons. The minimum atomic E-state index is 0.386. The number of hydrogen-bond donors (Lipinski definition) is 1. The molecule has 0 saturated carbocycles. The van der Waals surface area contributed by atoms with Crippen molar-refractivity contribution in [2.24, 2.45) is 5.73 Å². The van der Waals surface area contributed by atoms with Crippen molar-refractivity contribution in [1.82, 2.24) is 9.97 Å². The maximum absolute atomic E-state index is 6.07. The Kier molecular flexibility index (Phi) is 2.32. The van der Waals surface area contributed by atoms with Gasteiger partial charge in [0.05, 0.1) is 0 Å². The zero-order valence-corrected chi connectivity index (χ0v) is 9.63. The number of anilines is 1. The fourth-order valence-corrected chi connectivity index (χ4v) is 3.18. The summed E-state index contributed by atoms with van der Waals surface area (Å²) in [6.45, 7) is 1.95. The minimum Gasteiger partial charge on any atom is -0.350 e. The molecule has 0 aromatic carbocycles. The summed E-state index contributed by atoms with van der Waals surface area (Å²) in [6.07, 6.45) is 6.60. The van der Waals surface area contributed by atoms with Gasteiger partial charge in [-0.25, -0.2) is 9.97 Å². The maximum Gasteiger partial charge on any atom is 0.132 e. The van der Waals surface area contributed by atoms with Crippen LogP contribution in [0.15, 0.2) is 12.3 Å².